The minimum absolute atomic E-state index is 0.0958. The molecule has 5 rings (SSSR count). The van der Waals surface area contributed by atoms with Crippen molar-refractivity contribution in [3.63, 3.8) is 0 Å². The molecule has 178 valence electrons. The number of carbonyl (C=O) groups is 1. The number of nitrogens with zero attached hydrogens (tertiary/aromatic N) is 4. The minimum Gasteiger partial charge on any atom is -0.396 e. The summed E-state index contributed by atoms with van der Waals surface area (Å²) in [6.07, 6.45) is 2.32. The first-order valence-corrected chi connectivity index (χ1v) is 11.5. The Morgan fingerprint density at radius 1 is 0.943 bits per heavy atom. The molecule has 1 aliphatic heterocycles. The quantitative estimate of drug-likeness (QED) is 0.394. The number of fused-ring (bicyclic) bond motifs is 1. The highest BCUT2D eigenvalue weighted by atomic mass is 16.5. The smallest absolute Gasteiger partial charge is 0.323 e. The summed E-state index contributed by atoms with van der Waals surface area (Å²) < 4.78 is 5.50. The first-order chi connectivity index (χ1) is 17.2. The van der Waals surface area contributed by atoms with Crippen LogP contribution in [0.25, 0.3) is 22.4 Å². The summed E-state index contributed by atoms with van der Waals surface area (Å²) in [4.78, 5) is 28.6. The molecule has 0 spiro atoms. The molecule has 3 N–H and O–H groups in total. The average Bonchev–Trinajstić information content (AvgIpc) is 2.90. The van der Waals surface area contributed by atoms with E-state index in [9.17, 15) is 4.79 Å². The summed E-state index contributed by atoms with van der Waals surface area (Å²) in [5.74, 6) is 1.43. The van der Waals surface area contributed by atoms with E-state index in [1.54, 1.807) is 6.20 Å². The van der Waals surface area contributed by atoms with Gasteiger partial charge in [0.15, 0.2) is 11.5 Å². The summed E-state index contributed by atoms with van der Waals surface area (Å²) in [5, 5.41) is 15.6. The summed E-state index contributed by atoms with van der Waals surface area (Å²) in [6, 6.07) is 18.3. The van der Waals surface area contributed by atoms with Crippen molar-refractivity contribution in [1.29, 1.82) is 0 Å². The lowest BCUT2D eigenvalue weighted by molar-refractivity contribution is 0.122. The van der Waals surface area contributed by atoms with E-state index in [4.69, 9.17) is 14.8 Å². The molecule has 1 saturated heterocycles. The molecule has 0 bridgehead atoms. The topological polar surface area (TPSA) is 112 Å². The largest absolute Gasteiger partial charge is 0.396 e. The van der Waals surface area contributed by atoms with Crippen molar-refractivity contribution >= 4 is 34.3 Å². The van der Waals surface area contributed by atoms with Gasteiger partial charge in [-0.1, -0.05) is 12.1 Å². The van der Waals surface area contributed by atoms with Crippen LogP contribution in [0.2, 0.25) is 0 Å². The van der Waals surface area contributed by atoms with Crippen LogP contribution in [-0.4, -0.2) is 59.0 Å². The van der Waals surface area contributed by atoms with Gasteiger partial charge in [-0.2, -0.15) is 0 Å². The maximum Gasteiger partial charge on any atom is 0.323 e. The molecule has 35 heavy (non-hydrogen) atoms. The first kappa shape index (κ1) is 22.7. The van der Waals surface area contributed by atoms with Crippen molar-refractivity contribution in [2.24, 2.45) is 0 Å². The van der Waals surface area contributed by atoms with Crippen LogP contribution in [0.5, 0.6) is 0 Å². The van der Waals surface area contributed by atoms with E-state index in [1.165, 1.54) is 0 Å². The summed E-state index contributed by atoms with van der Waals surface area (Å²) in [5.41, 5.74) is 3.81. The van der Waals surface area contributed by atoms with Crippen molar-refractivity contribution in [2.45, 2.75) is 6.42 Å². The van der Waals surface area contributed by atoms with E-state index >= 15 is 0 Å². The summed E-state index contributed by atoms with van der Waals surface area (Å²) in [6.45, 7) is 2.95. The van der Waals surface area contributed by atoms with Crippen molar-refractivity contribution in [1.82, 2.24) is 15.0 Å². The van der Waals surface area contributed by atoms with Crippen molar-refractivity contribution in [2.75, 3.05) is 48.4 Å². The Balaban J connectivity index is 1.32. The molecular formula is C26H26N6O3. The predicted molar refractivity (Wildman–Crippen MR) is 136 cm³/mol. The zero-order valence-corrected chi connectivity index (χ0v) is 19.1. The van der Waals surface area contributed by atoms with Gasteiger partial charge in [0.05, 0.1) is 18.6 Å². The molecule has 9 nitrogen and oxygen atoms in total. The van der Waals surface area contributed by atoms with E-state index in [-0.39, 0.29) is 12.6 Å². The van der Waals surface area contributed by atoms with Gasteiger partial charge in [0.1, 0.15) is 5.82 Å². The summed E-state index contributed by atoms with van der Waals surface area (Å²) in [7, 11) is 0. The third kappa shape index (κ3) is 5.37. The second-order valence-corrected chi connectivity index (χ2v) is 8.17. The van der Waals surface area contributed by atoms with Gasteiger partial charge in [-0.15, -0.1) is 0 Å². The van der Waals surface area contributed by atoms with Crippen LogP contribution in [0, 0.1) is 0 Å². The molecule has 4 aromatic rings. The molecule has 0 unspecified atom stereocenters. The maximum absolute atomic E-state index is 12.4. The highest BCUT2D eigenvalue weighted by molar-refractivity contribution is 5.99. The summed E-state index contributed by atoms with van der Waals surface area (Å²) >= 11 is 0. The van der Waals surface area contributed by atoms with Gasteiger partial charge in [-0.3, -0.25) is 0 Å². The molecular weight excluding hydrogens is 444 g/mol. The van der Waals surface area contributed by atoms with E-state index in [0.29, 0.717) is 42.5 Å². The van der Waals surface area contributed by atoms with Gasteiger partial charge in [0.25, 0.3) is 0 Å². The van der Waals surface area contributed by atoms with E-state index in [1.807, 2.05) is 60.7 Å². The number of morpholine rings is 1. The molecule has 1 fully saturated rings. The highest BCUT2D eigenvalue weighted by Gasteiger charge is 2.18. The number of nitrogens with one attached hydrogen (secondary N) is 2. The second-order valence-electron chi connectivity index (χ2n) is 8.17. The number of hydrogen-bond donors (Lipinski definition) is 3. The fourth-order valence-electron chi connectivity index (χ4n) is 3.97. The standard InChI is InChI=1S/C26H26N6O3/c33-15-11-18-3-7-20(8-4-18)28-26(34)29-21-9-5-19(6-10-21)23-30-24-22(2-1-12-27-24)25(31-23)32-13-16-35-17-14-32/h1-10,12,33H,11,13-17H2,(H2,28,29,34). The first-order valence-electron chi connectivity index (χ1n) is 11.5. The molecule has 1 aliphatic rings. The third-order valence-electron chi connectivity index (χ3n) is 5.78. The average molecular weight is 471 g/mol. The van der Waals surface area contributed by atoms with Crippen LogP contribution in [0.15, 0.2) is 66.9 Å². The lowest BCUT2D eigenvalue weighted by Gasteiger charge is -2.28. The zero-order valence-electron chi connectivity index (χ0n) is 19.1. The number of aliphatic hydroxyl groups is 1. The van der Waals surface area contributed by atoms with Crippen LogP contribution >= 0.6 is 0 Å². The number of urea groups is 1. The number of pyridine rings is 1. The van der Waals surface area contributed by atoms with Gasteiger partial charge in [0, 0.05) is 42.8 Å². The Morgan fingerprint density at radius 3 is 2.31 bits per heavy atom. The number of hydrogen-bond acceptors (Lipinski definition) is 7. The Hall–Kier alpha value is -4.08. The van der Waals surface area contributed by atoms with Gasteiger partial charge >= 0.3 is 6.03 Å². The molecule has 2 amide bonds. The van der Waals surface area contributed by atoms with E-state index in [2.05, 4.69) is 25.5 Å². The van der Waals surface area contributed by atoms with Crippen LogP contribution < -0.4 is 15.5 Å². The number of carbonyl (C=O) groups excluding carboxylic acids is 1. The monoisotopic (exact) mass is 470 g/mol. The van der Waals surface area contributed by atoms with Crippen LogP contribution in [0.1, 0.15) is 5.56 Å². The number of amides is 2. The second kappa shape index (κ2) is 10.5. The van der Waals surface area contributed by atoms with Gasteiger partial charge in [-0.25, -0.2) is 19.7 Å². The number of anilines is 3. The van der Waals surface area contributed by atoms with Crippen LogP contribution in [0.4, 0.5) is 22.0 Å². The number of ether oxygens (including phenoxy) is 1. The molecule has 0 atom stereocenters. The minimum atomic E-state index is -0.339. The number of aromatic nitrogens is 3. The fourth-order valence-corrected chi connectivity index (χ4v) is 3.97. The van der Waals surface area contributed by atoms with Crippen molar-refractivity contribution in [3.8, 4) is 11.4 Å². The molecule has 3 heterocycles. The normalized spacial score (nSPS) is 13.6. The molecule has 9 heteroatoms. The Morgan fingerprint density at radius 2 is 1.63 bits per heavy atom. The Kier molecular flexibility index (Phi) is 6.78. The predicted octanol–water partition coefficient (Wildman–Crippen LogP) is 3.71. The SMILES string of the molecule is O=C(Nc1ccc(CCO)cc1)Nc1ccc(-c2nc(N3CCOCC3)c3cccnc3n2)cc1. The number of aliphatic hydroxyl groups excluding tert-OH is 1. The Labute approximate surface area is 202 Å². The molecule has 2 aromatic carbocycles. The highest BCUT2D eigenvalue weighted by Crippen LogP contribution is 2.27. The van der Waals surface area contributed by atoms with E-state index < -0.39 is 0 Å². The van der Waals surface area contributed by atoms with Crippen molar-refractivity contribution < 1.29 is 14.6 Å². The molecule has 0 radical (unpaired) electrons. The van der Waals surface area contributed by atoms with E-state index in [0.717, 1.165) is 35.4 Å². The number of benzene rings is 2. The van der Waals surface area contributed by atoms with Crippen molar-refractivity contribution in [3.05, 3.63) is 72.4 Å². The van der Waals surface area contributed by atoms with Gasteiger partial charge in [0.2, 0.25) is 0 Å². The molecule has 2 aromatic heterocycles. The van der Waals surface area contributed by atoms with Gasteiger partial charge < -0.3 is 25.4 Å². The van der Waals surface area contributed by atoms with Crippen LogP contribution in [0.3, 0.4) is 0 Å². The maximum atomic E-state index is 12.4. The van der Waals surface area contributed by atoms with Crippen LogP contribution in [-0.2, 0) is 11.2 Å². The fraction of sp³-hybridized carbons (Fsp3) is 0.231. The zero-order chi connectivity index (χ0) is 24.0. The molecule has 0 saturated carbocycles. The van der Waals surface area contributed by atoms with Gasteiger partial charge in [-0.05, 0) is 60.5 Å². The lowest BCUT2D eigenvalue weighted by atomic mass is 10.1. The third-order valence-corrected chi connectivity index (χ3v) is 5.78. The lowest BCUT2D eigenvalue weighted by Crippen LogP contribution is -2.37. The number of rotatable bonds is 6. The Bertz CT molecular complexity index is 1310. The molecule has 0 aliphatic carbocycles.